The molecule has 4 rings (SSSR count). The molecule has 170 valence electrons. The van der Waals surface area contributed by atoms with Crippen molar-refractivity contribution < 1.29 is 18.0 Å². The zero-order valence-corrected chi connectivity index (χ0v) is 19.0. The Hall–Kier alpha value is -3.45. The summed E-state index contributed by atoms with van der Waals surface area (Å²) < 4.78 is 25.3. The summed E-state index contributed by atoms with van der Waals surface area (Å²) in [4.78, 5) is 25.3. The van der Waals surface area contributed by atoms with Gasteiger partial charge in [-0.3, -0.25) is 9.59 Å². The molecule has 0 radical (unpaired) electrons. The van der Waals surface area contributed by atoms with E-state index in [9.17, 15) is 18.0 Å². The van der Waals surface area contributed by atoms with E-state index < -0.39 is 9.84 Å². The van der Waals surface area contributed by atoms with Crippen molar-refractivity contribution in [1.29, 1.82) is 0 Å². The second kappa shape index (κ2) is 10.0. The molecule has 0 heterocycles. The van der Waals surface area contributed by atoms with Gasteiger partial charge in [-0.05, 0) is 66.9 Å². The lowest BCUT2D eigenvalue weighted by molar-refractivity contribution is 0.0937. The van der Waals surface area contributed by atoms with Crippen LogP contribution in [-0.4, -0.2) is 26.3 Å². The van der Waals surface area contributed by atoms with Gasteiger partial charge in [-0.15, -0.1) is 0 Å². The highest BCUT2D eigenvalue weighted by atomic mass is 32.2. The first-order valence-corrected chi connectivity index (χ1v) is 12.6. The fourth-order valence-electron chi connectivity index (χ4n) is 3.98. The molecule has 0 unspecified atom stereocenters. The van der Waals surface area contributed by atoms with Gasteiger partial charge in [0.15, 0.2) is 9.84 Å². The summed E-state index contributed by atoms with van der Waals surface area (Å²) >= 11 is 0. The normalized spacial score (nSPS) is 14.1. The third-order valence-electron chi connectivity index (χ3n) is 5.74. The van der Waals surface area contributed by atoms with Gasteiger partial charge in [0, 0.05) is 22.9 Å². The van der Waals surface area contributed by atoms with E-state index in [4.69, 9.17) is 0 Å². The number of carbonyl (C=O) groups is 2. The summed E-state index contributed by atoms with van der Waals surface area (Å²) in [5, 5.41) is 5.84. The van der Waals surface area contributed by atoms with Crippen molar-refractivity contribution in [3.8, 4) is 0 Å². The number of amides is 2. The number of sulfone groups is 1. The molecule has 3 aromatic rings. The topological polar surface area (TPSA) is 92.3 Å². The summed E-state index contributed by atoms with van der Waals surface area (Å²) in [6.07, 6.45) is 4.34. The monoisotopic (exact) mass is 462 g/mol. The Morgan fingerprint density at radius 3 is 2.18 bits per heavy atom. The van der Waals surface area contributed by atoms with Crippen LogP contribution in [0.1, 0.15) is 52.0 Å². The van der Waals surface area contributed by atoms with Gasteiger partial charge in [0.1, 0.15) is 0 Å². The Balaban J connectivity index is 1.40. The van der Waals surface area contributed by atoms with Gasteiger partial charge in [-0.2, -0.15) is 0 Å². The van der Waals surface area contributed by atoms with Crippen molar-refractivity contribution in [2.24, 2.45) is 0 Å². The molecule has 1 aliphatic carbocycles. The molecule has 1 aliphatic rings. The maximum Gasteiger partial charge on any atom is 0.255 e. The van der Waals surface area contributed by atoms with Gasteiger partial charge in [-0.1, -0.05) is 43.2 Å². The van der Waals surface area contributed by atoms with Crippen LogP contribution in [0.4, 0.5) is 5.69 Å². The van der Waals surface area contributed by atoms with E-state index in [1.54, 1.807) is 78.9 Å². The average Bonchev–Trinajstić information content (AvgIpc) is 3.33. The maximum atomic E-state index is 12.7. The van der Waals surface area contributed by atoms with Gasteiger partial charge in [0.25, 0.3) is 11.8 Å². The van der Waals surface area contributed by atoms with E-state index in [2.05, 4.69) is 10.6 Å². The van der Waals surface area contributed by atoms with E-state index in [0.717, 1.165) is 25.7 Å². The molecule has 2 amide bonds. The van der Waals surface area contributed by atoms with Crippen LogP contribution >= 0.6 is 0 Å². The third-order valence-corrected chi connectivity index (χ3v) is 7.45. The quantitative estimate of drug-likeness (QED) is 0.537. The largest absolute Gasteiger partial charge is 0.349 e. The summed E-state index contributed by atoms with van der Waals surface area (Å²) in [5.74, 6) is -0.646. The Kier molecular flexibility index (Phi) is 6.89. The summed E-state index contributed by atoms with van der Waals surface area (Å²) in [6.45, 7) is 0. The molecular formula is C26H26N2O4S. The highest BCUT2D eigenvalue weighted by molar-refractivity contribution is 7.90. The fourth-order valence-corrected chi connectivity index (χ4v) is 5.34. The molecule has 0 saturated heterocycles. The van der Waals surface area contributed by atoms with Gasteiger partial charge in [0.05, 0.1) is 10.6 Å². The van der Waals surface area contributed by atoms with Crippen LogP contribution in [0.25, 0.3) is 0 Å². The van der Waals surface area contributed by atoms with Crippen molar-refractivity contribution in [2.75, 3.05) is 5.32 Å². The standard InChI is InChI=1S/C26H26N2O4S/c29-25(27-22-9-4-5-10-22)20-13-15-23(16-14-20)28-26(30)21-8-6-7-19(17-21)18-33(31,32)24-11-2-1-3-12-24/h1-3,6-8,11-17,22H,4-5,9-10,18H2,(H,27,29)(H,28,30). The fraction of sp³-hybridized carbons (Fsp3) is 0.231. The van der Waals surface area contributed by atoms with Crippen molar-refractivity contribution in [1.82, 2.24) is 5.32 Å². The van der Waals surface area contributed by atoms with Crippen LogP contribution in [0.3, 0.4) is 0 Å². The van der Waals surface area contributed by atoms with Crippen LogP contribution in [0.2, 0.25) is 0 Å². The SMILES string of the molecule is O=C(Nc1ccc(C(=O)NC2CCCC2)cc1)c1cccc(CS(=O)(=O)c2ccccc2)c1. The number of benzene rings is 3. The molecule has 3 aromatic carbocycles. The predicted molar refractivity (Wildman–Crippen MR) is 128 cm³/mol. The Morgan fingerprint density at radius 1 is 0.788 bits per heavy atom. The number of carbonyl (C=O) groups excluding carboxylic acids is 2. The number of rotatable bonds is 7. The molecule has 0 spiro atoms. The average molecular weight is 463 g/mol. The lowest BCUT2D eigenvalue weighted by Gasteiger charge is -2.12. The Morgan fingerprint density at radius 2 is 1.48 bits per heavy atom. The van der Waals surface area contributed by atoms with Crippen molar-refractivity contribution >= 4 is 27.3 Å². The first-order chi connectivity index (χ1) is 15.9. The number of nitrogens with one attached hydrogen (secondary N) is 2. The van der Waals surface area contributed by atoms with Crippen LogP contribution in [0.5, 0.6) is 0 Å². The number of anilines is 1. The summed E-state index contributed by atoms with van der Waals surface area (Å²) in [5.41, 5.74) is 2.00. The Bertz CT molecular complexity index is 1230. The third kappa shape index (κ3) is 5.87. The molecule has 0 aromatic heterocycles. The number of hydrogen-bond donors (Lipinski definition) is 2. The minimum atomic E-state index is -3.51. The van der Waals surface area contributed by atoms with E-state index in [0.29, 0.717) is 22.4 Å². The van der Waals surface area contributed by atoms with Crippen LogP contribution in [0, 0.1) is 0 Å². The molecular weight excluding hydrogens is 436 g/mol. The highest BCUT2D eigenvalue weighted by Crippen LogP contribution is 2.20. The van der Waals surface area contributed by atoms with Crippen molar-refractivity contribution in [2.45, 2.75) is 42.4 Å². The first kappa shape index (κ1) is 22.7. The smallest absolute Gasteiger partial charge is 0.255 e. The summed E-state index contributed by atoms with van der Waals surface area (Å²) in [6, 6.07) is 21.8. The zero-order chi connectivity index (χ0) is 23.3. The predicted octanol–water partition coefficient (Wildman–Crippen LogP) is 4.59. The second-order valence-corrected chi connectivity index (χ2v) is 10.2. The van der Waals surface area contributed by atoms with Gasteiger partial charge in [-0.25, -0.2) is 8.42 Å². The van der Waals surface area contributed by atoms with E-state index in [1.807, 2.05) is 0 Å². The van der Waals surface area contributed by atoms with E-state index >= 15 is 0 Å². The molecule has 0 aliphatic heterocycles. The molecule has 33 heavy (non-hydrogen) atoms. The van der Waals surface area contributed by atoms with Crippen molar-refractivity contribution in [3.63, 3.8) is 0 Å². The molecule has 2 N–H and O–H groups in total. The second-order valence-electron chi connectivity index (χ2n) is 8.26. The van der Waals surface area contributed by atoms with Gasteiger partial charge < -0.3 is 10.6 Å². The van der Waals surface area contributed by atoms with Crippen LogP contribution in [-0.2, 0) is 15.6 Å². The molecule has 0 bridgehead atoms. The van der Waals surface area contributed by atoms with Gasteiger partial charge in [0.2, 0.25) is 0 Å². The summed E-state index contributed by atoms with van der Waals surface area (Å²) in [7, 11) is -3.51. The molecule has 1 saturated carbocycles. The van der Waals surface area contributed by atoms with Crippen LogP contribution in [0.15, 0.2) is 83.8 Å². The van der Waals surface area contributed by atoms with Crippen LogP contribution < -0.4 is 10.6 Å². The molecule has 6 nitrogen and oxygen atoms in total. The van der Waals surface area contributed by atoms with E-state index in [-0.39, 0.29) is 28.5 Å². The first-order valence-electron chi connectivity index (χ1n) is 11.0. The van der Waals surface area contributed by atoms with Gasteiger partial charge >= 0.3 is 0 Å². The maximum absolute atomic E-state index is 12.7. The molecule has 0 atom stereocenters. The lowest BCUT2D eigenvalue weighted by atomic mass is 10.1. The number of hydrogen-bond acceptors (Lipinski definition) is 4. The minimum absolute atomic E-state index is 0.105. The van der Waals surface area contributed by atoms with E-state index in [1.165, 1.54) is 0 Å². The van der Waals surface area contributed by atoms with Crippen molar-refractivity contribution in [3.05, 3.63) is 95.6 Å². The lowest BCUT2D eigenvalue weighted by Crippen LogP contribution is -2.32. The minimum Gasteiger partial charge on any atom is -0.349 e. The zero-order valence-electron chi connectivity index (χ0n) is 18.2. The molecule has 1 fully saturated rings. The Labute approximate surface area is 194 Å². The highest BCUT2D eigenvalue weighted by Gasteiger charge is 2.18. The molecule has 7 heteroatoms.